The highest BCUT2D eigenvalue weighted by molar-refractivity contribution is 7.91. The van der Waals surface area contributed by atoms with Gasteiger partial charge in [0.2, 0.25) is 0 Å². The van der Waals surface area contributed by atoms with E-state index in [2.05, 4.69) is 4.99 Å². The maximum absolute atomic E-state index is 12.9. The highest BCUT2D eigenvalue weighted by Crippen LogP contribution is 2.27. The lowest BCUT2D eigenvalue weighted by molar-refractivity contribution is -0.141. The number of aryl methyl sites for hydroxylation is 1. The summed E-state index contributed by atoms with van der Waals surface area (Å²) in [4.78, 5) is 29.7. The van der Waals surface area contributed by atoms with Crippen molar-refractivity contribution in [1.29, 1.82) is 0 Å². The molecular formula is C21H23N3O5S3. The van der Waals surface area contributed by atoms with Crippen molar-refractivity contribution in [2.75, 3.05) is 20.2 Å². The van der Waals surface area contributed by atoms with Crippen LogP contribution in [0.1, 0.15) is 18.4 Å². The molecule has 0 saturated carbocycles. The van der Waals surface area contributed by atoms with E-state index in [4.69, 9.17) is 4.74 Å². The number of rotatable bonds is 5. The molecule has 1 aliphatic heterocycles. The van der Waals surface area contributed by atoms with Crippen LogP contribution in [0, 0.1) is 12.8 Å². The van der Waals surface area contributed by atoms with Crippen molar-refractivity contribution in [3.8, 4) is 0 Å². The van der Waals surface area contributed by atoms with Gasteiger partial charge in [0.1, 0.15) is 10.8 Å². The predicted molar refractivity (Wildman–Crippen MR) is 123 cm³/mol. The fourth-order valence-corrected chi connectivity index (χ4v) is 7.43. The van der Waals surface area contributed by atoms with Crippen LogP contribution >= 0.6 is 22.7 Å². The molecule has 1 aromatic carbocycles. The van der Waals surface area contributed by atoms with Crippen LogP contribution in [0.25, 0.3) is 10.2 Å². The molecule has 0 bridgehead atoms. The number of fused-ring (bicyclic) bond motifs is 1. The van der Waals surface area contributed by atoms with Crippen LogP contribution in [-0.2, 0) is 30.9 Å². The number of sulfonamides is 1. The average Bonchev–Trinajstić information content (AvgIpc) is 3.43. The summed E-state index contributed by atoms with van der Waals surface area (Å²) in [7, 11) is -2.19. The van der Waals surface area contributed by atoms with E-state index in [9.17, 15) is 18.0 Å². The van der Waals surface area contributed by atoms with Crippen LogP contribution in [0.5, 0.6) is 0 Å². The largest absolute Gasteiger partial charge is 0.468 e. The van der Waals surface area contributed by atoms with E-state index < -0.39 is 16.0 Å². The third kappa shape index (κ3) is 4.56. The van der Waals surface area contributed by atoms with E-state index in [-0.39, 0.29) is 31.5 Å². The Hall–Kier alpha value is -2.34. The first-order chi connectivity index (χ1) is 15.3. The fraction of sp³-hybridized carbons (Fsp3) is 0.381. The molecule has 170 valence electrons. The first-order valence-electron chi connectivity index (χ1n) is 10.1. The van der Waals surface area contributed by atoms with Crippen molar-refractivity contribution in [2.45, 2.75) is 30.5 Å². The number of nitrogens with zero attached hydrogens (tertiary/aromatic N) is 3. The van der Waals surface area contributed by atoms with Crippen molar-refractivity contribution < 1.29 is 22.7 Å². The molecule has 11 heteroatoms. The van der Waals surface area contributed by atoms with Crippen LogP contribution < -0.4 is 4.80 Å². The summed E-state index contributed by atoms with van der Waals surface area (Å²) in [6.07, 6.45) is 0.821. The zero-order valence-corrected chi connectivity index (χ0v) is 20.1. The minimum atomic E-state index is -3.51. The molecular weight excluding hydrogens is 470 g/mol. The zero-order valence-electron chi connectivity index (χ0n) is 17.7. The van der Waals surface area contributed by atoms with Gasteiger partial charge in [0.25, 0.3) is 15.9 Å². The minimum Gasteiger partial charge on any atom is -0.468 e. The summed E-state index contributed by atoms with van der Waals surface area (Å²) in [6.45, 7) is 2.49. The number of carbonyl (C=O) groups is 2. The number of amides is 1. The Morgan fingerprint density at radius 1 is 1.22 bits per heavy atom. The van der Waals surface area contributed by atoms with Gasteiger partial charge >= 0.3 is 5.97 Å². The monoisotopic (exact) mass is 493 g/mol. The first kappa shape index (κ1) is 22.8. The van der Waals surface area contributed by atoms with Gasteiger partial charge in [-0.2, -0.15) is 9.30 Å². The number of carbonyl (C=O) groups excluding carboxylic acids is 2. The SMILES string of the molecule is COC(=O)Cn1c(=NC(=O)C2CCN(S(=O)(=O)c3cccs3)CC2)sc2cc(C)ccc21. The Kier molecular flexibility index (Phi) is 6.61. The number of hydrogen-bond donors (Lipinski definition) is 0. The lowest BCUT2D eigenvalue weighted by Crippen LogP contribution is -2.40. The average molecular weight is 494 g/mol. The van der Waals surface area contributed by atoms with E-state index in [1.165, 1.54) is 34.1 Å². The maximum atomic E-state index is 12.9. The highest BCUT2D eigenvalue weighted by Gasteiger charge is 2.32. The van der Waals surface area contributed by atoms with Gasteiger partial charge in [0, 0.05) is 19.0 Å². The molecule has 0 N–H and O–H groups in total. The fourth-order valence-electron chi connectivity index (χ4n) is 3.68. The van der Waals surface area contributed by atoms with Crippen LogP contribution in [0.15, 0.2) is 44.9 Å². The normalized spacial score (nSPS) is 16.5. The standard InChI is InChI=1S/C21H23N3O5S3/c1-14-5-6-16-17(12-14)31-21(24(16)13-18(25)29-2)22-20(26)15-7-9-23(10-8-15)32(27,28)19-4-3-11-30-19/h3-6,11-12,15H,7-10,13H2,1-2H3. The summed E-state index contributed by atoms with van der Waals surface area (Å²) < 4.78 is 34.6. The van der Waals surface area contributed by atoms with E-state index in [0.29, 0.717) is 21.9 Å². The predicted octanol–water partition coefficient (Wildman–Crippen LogP) is 2.77. The van der Waals surface area contributed by atoms with Gasteiger partial charge in [-0.3, -0.25) is 9.59 Å². The van der Waals surface area contributed by atoms with Crippen molar-refractivity contribution in [1.82, 2.24) is 8.87 Å². The molecule has 1 saturated heterocycles. The number of thiazole rings is 1. The summed E-state index contributed by atoms with van der Waals surface area (Å²) in [6, 6.07) is 9.14. The number of piperidine rings is 1. The molecule has 0 unspecified atom stereocenters. The Labute approximate surface area is 193 Å². The Morgan fingerprint density at radius 3 is 2.62 bits per heavy atom. The van der Waals surface area contributed by atoms with Crippen molar-refractivity contribution in [3.05, 3.63) is 46.1 Å². The molecule has 3 aromatic rings. The van der Waals surface area contributed by atoms with E-state index in [1.54, 1.807) is 22.1 Å². The smallest absolute Gasteiger partial charge is 0.325 e. The first-order valence-corrected chi connectivity index (χ1v) is 13.2. The Bertz CT molecular complexity index is 1310. The number of esters is 1. The Morgan fingerprint density at radius 2 is 1.97 bits per heavy atom. The van der Waals surface area contributed by atoms with Crippen molar-refractivity contribution in [3.63, 3.8) is 0 Å². The van der Waals surface area contributed by atoms with Crippen molar-refractivity contribution >= 4 is 54.8 Å². The van der Waals surface area contributed by atoms with E-state index in [0.717, 1.165) is 15.8 Å². The molecule has 32 heavy (non-hydrogen) atoms. The van der Waals surface area contributed by atoms with E-state index in [1.807, 2.05) is 25.1 Å². The number of benzene rings is 1. The second kappa shape index (κ2) is 9.26. The molecule has 0 aliphatic carbocycles. The molecule has 1 amide bonds. The Balaban J connectivity index is 1.56. The second-order valence-corrected chi connectivity index (χ2v) is 11.7. The number of aromatic nitrogens is 1. The van der Waals surface area contributed by atoms with Gasteiger partial charge < -0.3 is 9.30 Å². The molecule has 2 aromatic heterocycles. The second-order valence-electron chi connectivity index (χ2n) is 7.58. The molecule has 4 rings (SSSR count). The molecule has 8 nitrogen and oxygen atoms in total. The van der Waals surface area contributed by atoms with Gasteiger partial charge in [0.15, 0.2) is 4.80 Å². The van der Waals surface area contributed by atoms with Gasteiger partial charge in [-0.25, -0.2) is 8.42 Å². The molecule has 1 aliphatic rings. The molecule has 0 radical (unpaired) electrons. The third-order valence-corrected chi connectivity index (χ3v) is 9.76. The number of hydrogen-bond acceptors (Lipinski definition) is 7. The number of thiophene rings is 1. The lowest BCUT2D eigenvalue weighted by atomic mass is 9.98. The topological polar surface area (TPSA) is 98.0 Å². The minimum absolute atomic E-state index is 0.0385. The molecule has 0 spiro atoms. The van der Waals surface area contributed by atoms with Crippen LogP contribution in [0.2, 0.25) is 0 Å². The quantitative estimate of drug-likeness (QED) is 0.509. The number of ether oxygens (including phenoxy) is 1. The zero-order chi connectivity index (χ0) is 22.9. The van der Waals surface area contributed by atoms with Gasteiger partial charge in [0.05, 0.1) is 17.3 Å². The van der Waals surface area contributed by atoms with Crippen LogP contribution in [0.4, 0.5) is 0 Å². The highest BCUT2D eigenvalue weighted by atomic mass is 32.2. The molecule has 0 atom stereocenters. The van der Waals surface area contributed by atoms with Crippen LogP contribution in [0.3, 0.4) is 0 Å². The lowest BCUT2D eigenvalue weighted by Gasteiger charge is -2.29. The summed E-state index contributed by atoms with van der Waals surface area (Å²) in [5.74, 6) is -1.07. The summed E-state index contributed by atoms with van der Waals surface area (Å²) >= 11 is 2.54. The molecule has 3 heterocycles. The van der Waals surface area contributed by atoms with Crippen LogP contribution in [-0.4, -0.2) is 49.4 Å². The molecule has 1 fully saturated rings. The maximum Gasteiger partial charge on any atom is 0.325 e. The third-order valence-electron chi connectivity index (χ3n) is 5.45. The summed E-state index contributed by atoms with van der Waals surface area (Å²) in [5.41, 5.74) is 1.88. The van der Waals surface area contributed by atoms with Gasteiger partial charge in [-0.1, -0.05) is 23.5 Å². The van der Waals surface area contributed by atoms with Gasteiger partial charge in [-0.15, -0.1) is 11.3 Å². The summed E-state index contributed by atoms with van der Waals surface area (Å²) in [5, 5.41) is 1.73. The van der Waals surface area contributed by atoms with E-state index >= 15 is 0 Å². The van der Waals surface area contributed by atoms with Gasteiger partial charge in [-0.05, 0) is 48.9 Å². The number of methoxy groups -OCH3 is 1. The van der Waals surface area contributed by atoms with Crippen molar-refractivity contribution in [2.24, 2.45) is 10.9 Å².